The third kappa shape index (κ3) is 3.12. The van der Waals surface area contributed by atoms with Crippen molar-refractivity contribution in [1.29, 1.82) is 0 Å². The summed E-state index contributed by atoms with van der Waals surface area (Å²) in [6, 6.07) is 0. The van der Waals surface area contributed by atoms with Crippen LogP contribution in [0.5, 0.6) is 0 Å². The molecule has 0 bridgehead atoms. The second-order valence-electron chi connectivity index (χ2n) is 5.99. The number of rotatable bonds is 5. The quantitative estimate of drug-likeness (QED) is 0.547. The SMILES string of the molecule is C=C(C)C(C(=C)CC1CC(CC)C1C)=C(C)C. The summed E-state index contributed by atoms with van der Waals surface area (Å²) in [5.41, 5.74) is 5.12. The van der Waals surface area contributed by atoms with Gasteiger partial charge in [-0.1, -0.05) is 44.6 Å². The molecular formula is C17H28. The standard InChI is InChI=1S/C17H28/c1-8-15-10-16(14(15)7)9-13(6)17(11(2)3)12(4)5/h14-16H,2,6,8-10H2,1,3-5,7H3. The molecule has 17 heavy (non-hydrogen) atoms. The molecule has 0 aliphatic heterocycles. The van der Waals surface area contributed by atoms with Gasteiger partial charge in [0.25, 0.3) is 0 Å². The molecule has 1 saturated carbocycles. The maximum absolute atomic E-state index is 4.29. The average Bonchev–Trinajstić information content (AvgIpc) is 2.21. The highest BCUT2D eigenvalue weighted by atomic mass is 14.4. The fourth-order valence-corrected chi connectivity index (χ4v) is 3.32. The second kappa shape index (κ2) is 5.71. The second-order valence-corrected chi connectivity index (χ2v) is 5.99. The maximum atomic E-state index is 4.29. The summed E-state index contributed by atoms with van der Waals surface area (Å²) in [6.07, 6.45) is 3.88. The Morgan fingerprint density at radius 1 is 1.12 bits per heavy atom. The van der Waals surface area contributed by atoms with Crippen LogP contribution in [-0.2, 0) is 0 Å². The Bertz CT molecular complexity index is 339. The Morgan fingerprint density at radius 2 is 1.71 bits per heavy atom. The molecule has 0 saturated heterocycles. The van der Waals surface area contributed by atoms with Crippen molar-refractivity contribution in [3.8, 4) is 0 Å². The van der Waals surface area contributed by atoms with E-state index >= 15 is 0 Å². The van der Waals surface area contributed by atoms with Gasteiger partial charge >= 0.3 is 0 Å². The molecule has 0 aromatic rings. The monoisotopic (exact) mass is 232 g/mol. The average molecular weight is 232 g/mol. The summed E-state index contributed by atoms with van der Waals surface area (Å²) < 4.78 is 0. The lowest BCUT2D eigenvalue weighted by Gasteiger charge is -2.43. The van der Waals surface area contributed by atoms with E-state index < -0.39 is 0 Å². The predicted molar refractivity (Wildman–Crippen MR) is 78.0 cm³/mol. The molecular weight excluding hydrogens is 204 g/mol. The molecule has 1 aliphatic carbocycles. The van der Waals surface area contributed by atoms with Crippen molar-refractivity contribution in [3.05, 3.63) is 35.5 Å². The molecule has 0 heterocycles. The Hall–Kier alpha value is -0.780. The Labute approximate surface area is 108 Å². The lowest BCUT2D eigenvalue weighted by atomic mass is 9.62. The first-order chi connectivity index (χ1) is 7.88. The molecule has 0 aromatic carbocycles. The van der Waals surface area contributed by atoms with E-state index in [1.165, 1.54) is 29.6 Å². The van der Waals surface area contributed by atoms with Crippen LogP contribution in [0.15, 0.2) is 35.5 Å². The van der Waals surface area contributed by atoms with E-state index in [0.717, 1.165) is 29.7 Å². The molecule has 0 N–H and O–H groups in total. The zero-order valence-electron chi connectivity index (χ0n) is 12.3. The maximum Gasteiger partial charge on any atom is -0.0220 e. The van der Waals surface area contributed by atoms with Gasteiger partial charge in [0.15, 0.2) is 0 Å². The van der Waals surface area contributed by atoms with Crippen molar-refractivity contribution in [2.45, 2.75) is 53.9 Å². The van der Waals surface area contributed by atoms with Crippen LogP contribution in [0.2, 0.25) is 0 Å². The first-order valence-electron chi connectivity index (χ1n) is 6.89. The fraction of sp³-hybridized carbons (Fsp3) is 0.647. The summed E-state index contributed by atoms with van der Waals surface area (Å²) in [6.45, 7) is 19.5. The third-order valence-electron chi connectivity index (χ3n) is 4.41. The minimum atomic E-state index is 0.848. The van der Waals surface area contributed by atoms with Crippen molar-refractivity contribution in [3.63, 3.8) is 0 Å². The van der Waals surface area contributed by atoms with Crippen LogP contribution in [-0.4, -0.2) is 0 Å². The van der Waals surface area contributed by atoms with Gasteiger partial charge in [0.2, 0.25) is 0 Å². The summed E-state index contributed by atoms with van der Waals surface area (Å²) >= 11 is 0. The van der Waals surface area contributed by atoms with Crippen molar-refractivity contribution >= 4 is 0 Å². The highest BCUT2D eigenvalue weighted by Gasteiger charge is 2.36. The molecule has 3 unspecified atom stereocenters. The van der Waals surface area contributed by atoms with Crippen molar-refractivity contribution in [2.24, 2.45) is 17.8 Å². The van der Waals surface area contributed by atoms with Crippen LogP contribution in [0, 0.1) is 17.8 Å². The molecule has 1 fully saturated rings. The predicted octanol–water partition coefficient (Wildman–Crippen LogP) is 5.53. The Morgan fingerprint density at radius 3 is 2.06 bits per heavy atom. The van der Waals surface area contributed by atoms with Crippen LogP contribution in [0.4, 0.5) is 0 Å². The van der Waals surface area contributed by atoms with E-state index in [0.29, 0.717) is 0 Å². The Kier molecular flexibility index (Phi) is 4.80. The summed E-state index contributed by atoms with van der Waals surface area (Å²) in [5, 5.41) is 0. The highest BCUT2D eigenvalue weighted by molar-refractivity contribution is 5.45. The van der Waals surface area contributed by atoms with Gasteiger partial charge < -0.3 is 0 Å². The molecule has 0 heteroatoms. The van der Waals surface area contributed by atoms with E-state index in [1.807, 2.05) is 0 Å². The van der Waals surface area contributed by atoms with Gasteiger partial charge in [-0.25, -0.2) is 0 Å². The molecule has 0 nitrogen and oxygen atoms in total. The minimum absolute atomic E-state index is 0.848. The zero-order valence-corrected chi connectivity index (χ0v) is 12.3. The van der Waals surface area contributed by atoms with Crippen LogP contribution >= 0.6 is 0 Å². The van der Waals surface area contributed by atoms with E-state index in [9.17, 15) is 0 Å². The molecule has 0 amide bonds. The molecule has 0 aromatic heterocycles. The Balaban J connectivity index is 2.62. The fourth-order valence-electron chi connectivity index (χ4n) is 3.32. The normalized spacial score (nSPS) is 27.2. The largest absolute Gasteiger partial charge is 0.0955 e. The van der Waals surface area contributed by atoms with E-state index in [-0.39, 0.29) is 0 Å². The molecule has 1 rings (SSSR count). The van der Waals surface area contributed by atoms with Gasteiger partial charge in [-0.15, -0.1) is 0 Å². The molecule has 3 atom stereocenters. The van der Waals surface area contributed by atoms with Gasteiger partial charge in [0.05, 0.1) is 0 Å². The van der Waals surface area contributed by atoms with Crippen LogP contribution in [0.3, 0.4) is 0 Å². The number of allylic oxidation sites excluding steroid dienone is 4. The number of hydrogen-bond acceptors (Lipinski definition) is 0. The lowest BCUT2D eigenvalue weighted by Crippen LogP contribution is -2.34. The molecule has 0 spiro atoms. The van der Waals surface area contributed by atoms with Gasteiger partial charge in [0.1, 0.15) is 0 Å². The van der Waals surface area contributed by atoms with Gasteiger partial charge in [-0.05, 0) is 62.5 Å². The van der Waals surface area contributed by atoms with Crippen molar-refractivity contribution < 1.29 is 0 Å². The van der Waals surface area contributed by atoms with Crippen LogP contribution < -0.4 is 0 Å². The first kappa shape index (κ1) is 14.3. The molecule has 0 radical (unpaired) electrons. The topological polar surface area (TPSA) is 0 Å². The van der Waals surface area contributed by atoms with Crippen molar-refractivity contribution in [1.82, 2.24) is 0 Å². The highest BCUT2D eigenvalue weighted by Crippen LogP contribution is 2.46. The van der Waals surface area contributed by atoms with Gasteiger partial charge in [-0.3, -0.25) is 0 Å². The van der Waals surface area contributed by atoms with Gasteiger partial charge in [0, 0.05) is 0 Å². The van der Waals surface area contributed by atoms with E-state index in [4.69, 9.17) is 0 Å². The zero-order chi connectivity index (χ0) is 13.2. The minimum Gasteiger partial charge on any atom is -0.0955 e. The summed E-state index contributed by atoms with van der Waals surface area (Å²) in [5.74, 6) is 2.68. The van der Waals surface area contributed by atoms with Crippen molar-refractivity contribution in [2.75, 3.05) is 0 Å². The molecule has 1 aliphatic rings. The third-order valence-corrected chi connectivity index (χ3v) is 4.41. The van der Waals surface area contributed by atoms with Crippen LogP contribution in [0.1, 0.15) is 53.9 Å². The first-order valence-corrected chi connectivity index (χ1v) is 6.89. The summed E-state index contributed by atoms with van der Waals surface area (Å²) in [4.78, 5) is 0. The lowest BCUT2D eigenvalue weighted by molar-refractivity contribution is 0.0850. The van der Waals surface area contributed by atoms with E-state index in [2.05, 4.69) is 47.8 Å². The van der Waals surface area contributed by atoms with Gasteiger partial charge in [-0.2, -0.15) is 0 Å². The molecule has 96 valence electrons. The smallest absolute Gasteiger partial charge is 0.0220 e. The number of hydrogen-bond donors (Lipinski definition) is 0. The van der Waals surface area contributed by atoms with Crippen LogP contribution in [0.25, 0.3) is 0 Å². The summed E-state index contributed by atoms with van der Waals surface area (Å²) in [7, 11) is 0. The van der Waals surface area contributed by atoms with E-state index in [1.54, 1.807) is 0 Å².